The number of para-hydroxylation sites is 1. The monoisotopic (exact) mass is 539 g/mol. The first-order valence-electron chi connectivity index (χ1n) is 13.1. The zero-order valence-corrected chi connectivity index (χ0v) is 23.2. The standard InChI is InChI=1S/C31H33N5O2S/c1-21-19-26(22(2)36(21)25-14-9-11-23(20-25)30(37)38-3)29-28(27-15-7-8-16-33-27)34-31(39)35(29)18-10-17-32-24-12-5-4-6-13-24/h4-9,11-16,19-20,28-29,32H,10,17-18H2,1-3H3,(H,34,39)/t28-,29+/m0/s1. The maximum atomic E-state index is 12.2. The number of ether oxygens (including phenoxy) is 1. The fourth-order valence-electron chi connectivity index (χ4n) is 5.40. The van der Waals surface area contributed by atoms with E-state index in [4.69, 9.17) is 17.0 Å². The highest BCUT2D eigenvalue weighted by Crippen LogP contribution is 2.41. The van der Waals surface area contributed by atoms with E-state index in [0.717, 1.165) is 53.1 Å². The van der Waals surface area contributed by atoms with Crippen molar-refractivity contribution in [1.82, 2.24) is 19.8 Å². The lowest BCUT2D eigenvalue weighted by atomic mass is 9.96. The van der Waals surface area contributed by atoms with Gasteiger partial charge in [-0.2, -0.15) is 0 Å². The summed E-state index contributed by atoms with van der Waals surface area (Å²) >= 11 is 5.88. The molecule has 0 saturated carbocycles. The van der Waals surface area contributed by atoms with Crippen molar-refractivity contribution in [2.75, 3.05) is 25.5 Å². The van der Waals surface area contributed by atoms with Crippen LogP contribution in [0.25, 0.3) is 5.69 Å². The number of carbonyl (C=O) groups excluding carboxylic acids is 1. The molecular formula is C31H33N5O2S. The van der Waals surface area contributed by atoms with Gasteiger partial charge >= 0.3 is 5.97 Å². The molecule has 4 aromatic rings. The number of aryl methyl sites for hydroxylation is 1. The Labute approximate surface area is 234 Å². The first kappa shape index (κ1) is 26.4. The fourth-order valence-corrected chi connectivity index (χ4v) is 5.73. The highest BCUT2D eigenvalue weighted by molar-refractivity contribution is 7.80. The lowest BCUT2D eigenvalue weighted by molar-refractivity contribution is 0.0600. The lowest BCUT2D eigenvalue weighted by Gasteiger charge is -2.28. The Bertz CT molecular complexity index is 1450. The van der Waals surface area contributed by atoms with Gasteiger partial charge in [0.05, 0.1) is 30.5 Å². The molecule has 0 spiro atoms. The number of esters is 1. The maximum Gasteiger partial charge on any atom is 0.337 e. The van der Waals surface area contributed by atoms with E-state index in [1.165, 1.54) is 12.7 Å². The molecule has 200 valence electrons. The Hall–Kier alpha value is -4.17. The smallest absolute Gasteiger partial charge is 0.337 e. The highest BCUT2D eigenvalue weighted by atomic mass is 32.1. The number of anilines is 1. The molecule has 0 amide bonds. The number of hydrogen-bond donors (Lipinski definition) is 2. The minimum absolute atomic E-state index is 0.0344. The lowest BCUT2D eigenvalue weighted by Crippen LogP contribution is -2.31. The van der Waals surface area contributed by atoms with Crippen LogP contribution >= 0.6 is 12.2 Å². The number of nitrogens with one attached hydrogen (secondary N) is 2. The number of hydrogen-bond acceptors (Lipinski definition) is 5. The number of rotatable bonds is 9. The minimum atomic E-state index is -0.351. The molecular weight excluding hydrogens is 506 g/mol. The van der Waals surface area contributed by atoms with Gasteiger partial charge in [0.15, 0.2) is 5.11 Å². The van der Waals surface area contributed by atoms with Gasteiger partial charge in [0.25, 0.3) is 0 Å². The average molecular weight is 540 g/mol. The van der Waals surface area contributed by atoms with Gasteiger partial charge in [-0.25, -0.2) is 4.79 Å². The van der Waals surface area contributed by atoms with Crippen LogP contribution in [0.15, 0.2) is 85.1 Å². The molecule has 7 nitrogen and oxygen atoms in total. The number of benzene rings is 2. The highest BCUT2D eigenvalue weighted by Gasteiger charge is 2.41. The van der Waals surface area contributed by atoms with Gasteiger partial charge in [0.2, 0.25) is 0 Å². The summed E-state index contributed by atoms with van der Waals surface area (Å²) in [7, 11) is 1.40. The first-order valence-corrected chi connectivity index (χ1v) is 13.5. The molecule has 0 unspecified atom stereocenters. The van der Waals surface area contributed by atoms with E-state index in [1.54, 1.807) is 6.07 Å². The fraction of sp³-hybridized carbons (Fsp3) is 0.258. The number of aromatic nitrogens is 2. The molecule has 2 N–H and O–H groups in total. The number of carbonyl (C=O) groups is 1. The Morgan fingerprint density at radius 1 is 1.05 bits per heavy atom. The minimum Gasteiger partial charge on any atom is -0.465 e. The van der Waals surface area contributed by atoms with Crippen molar-refractivity contribution in [3.8, 4) is 5.69 Å². The van der Waals surface area contributed by atoms with Gasteiger partial charge in [0.1, 0.15) is 0 Å². The largest absolute Gasteiger partial charge is 0.465 e. The predicted octanol–water partition coefficient (Wildman–Crippen LogP) is 5.75. The molecule has 1 saturated heterocycles. The Morgan fingerprint density at radius 3 is 2.59 bits per heavy atom. The average Bonchev–Trinajstić information content (AvgIpc) is 3.45. The molecule has 1 fully saturated rings. The van der Waals surface area contributed by atoms with E-state index in [2.05, 4.69) is 57.1 Å². The second-order valence-corrected chi connectivity index (χ2v) is 10.1. The van der Waals surface area contributed by atoms with Crippen LogP contribution in [0.2, 0.25) is 0 Å². The first-order chi connectivity index (χ1) is 19.0. The summed E-state index contributed by atoms with van der Waals surface area (Å²) in [6, 6.07) is 25.9. The molecule has 3 heterocycles. The summed E-state index contributed by atoms with van der Waals surface area (Å²) < 4.78 is 7.14. The molecule has 2 aromatic heterocycles. The third kappa shape index (κ3) is 5.52. The van der Waals surface area contributed by atoms with E-state index in [0.29, 0.717) is 5.56 Å². The van der Waals surface area contributed by atoms with Gasteiger partial charge < -0.3 is 24.8 Å². The third-order valence-corrected chi connectivity index (χ3v) is 7.54. The third-order valence-electron chi connectivity index (χ3n) is 7.19. The zero-order chi connectivity index (χ0) is 27.4. The Kier molecular flexibility index (Phi) is 7.93. The van der Waals surface area contributed by atoms with Gasteiger partial charge in [-0.1, -0.05) is 30.3 Å². The molecule has 2 aromatic carbocycles. The molecule has 0 aliphatic carbocycles. The molecule has 1 aliphatic heterocycles. The van der Waals surface area contributed by atoms with Gasteiger partial charge in [-0.3, -0.25) is 4.98 Å². The van der Waals surface area contributed by atoms with Crippen molar-refractivity contribution >= 4 is 29.0 Å². The Morgan fingerprint density at radius 2 is 1.85 bits per heavy atom. The summed E-state index contributed by atoms with van der Waals surface area (Å²) in [5.74, 6) is -0.351. The van der Waals surface area contributed by atoms with Crippen LogP contribution in [0.5, 0.6) is 0 Å². The number of thiocarbonyl (C=S) groups is 1. The molecule has 1 aliphatic rings. The second kappa shape index (κ2) is 11.7. The van der Waals surface area contributed by atoms with Crippen LogP contribution in [0.1, 0.15) is 51.5 Å². The summed E-state index contributed by atoms with van der Waals surface area (Å²) in [5.41, 5.74) is 6.85. The van der Waals surface area contributed by atoms with Crippen molar-refractivity contribution in [1.29, 1.82) is 0 Å². The molecule has 5 rings (SSSR count). The quantitative estimate of drug-likeness (QED) is 0.159. The molecule has 39 heavy (non-hydrogen) atoms. The van der Waals surface area contributed by atoms with E-state index in [1.807, 2.05) is 60.8 Å². The van der Waals surface area contributed by atoms with Crippen LogP contribution in [0.4, 0.5) is 5.69 Å². The normalized spacial score (nSPS) is 16.7. The van der Waals surface area contributed by atoms with Crippen LogP contribution < -0.4 is 10.6 Å². The van der Waals surface area contributed by atoms with E-state index in [9.17, 15) is 4.79 Å². The molecule has 2 atom stereocenters. The van der Waals surface area contributed by atoms with Crippen molar-refractivity contribution in [3.63, 3.8) is 0 Å². The number of nitrogens with zero attached hydrogens (tertiary/aromatic N) is 3. The van der Waals surface area contributed by atoms with Crippen molar-refractivity contribution in [2.45, 2.75) is 32.4 Å². The number of pyridine rings is 1. The SMILES string of the molecule is COC(=O)c1cccc(-n2c(C)cc([C@@H]3[C@H](c4ccccn4)NC(=S)N3CCCNc3ccccc3)c2C)c1. The van der Waals surface area contributed by atoms with Crippen LogP contribution in [-0.4, -0.2) is 45.7 Å². The van der Waals surface area contributed by atoms with Crippen molar-refractivity contribution < 1.29 is 9.53 Å². The summed E-state index contributed by atoms with van der Waals surface area (Å²) in [5, 5.41) is 7.79. The van der Waals surface area contributed by atoms with Crippen LogP contribution in [0, 0.1) is 13.8 Å². The summed E-state index contributed by atoms with van der Waals surface area (Å²) in [4.78, 5) is 19.2. The maximum absolute atomic E-state index is 12.2. The summed E-state index contributed by atoms with van der Waals surface area (Å²) in [6.45, 7) is 5.84. The van der Waals surface area contributed by atoms with E-state index < -0.39 is 0 Å². The van der Waals surface area contributed by atoms with E-state index in [-0.39, 0.29) is 18.1 Å². The summed E-state index contributed by atoms with van der Waals surface area (Å²) in [6.07, 6.45) is 2.74. The Balaban J connectivity index is 1.47. The van der Waals surface area contributed by atoms with Crippen LogP contribution in [-0.2, 0) is 4.74 Å². The molecule has 0 bridgehead atoms. The molecule has 0 radical (unpaired) electrons. The van der Waals surface area contributed by atoms with Gasteiger partial charge in [-0.15, -0.1) is 0 Å². The topological polar surface area (TPSA) is 71.4 Å². The van der Waals surface area contributed by atoms with Crippen molar-refractivity contribution in [3.05, 3.63) is 113 Å². The zero-order valence-electron chi connectivity index (χ0n) is 22.4. The van der Waals surface area contributed by atoms with E-state index >= 15 is 0 Å². The number of methoxy groups -OCH3 is 1. The predicted molar refractivity (Wildman–Crippen MR) is 158 cm³/mol. The van der Waals surface area contributed by atoms with Gasteiger partial charge in [-0.05, 0) is 86.6 Å². The molecule has 8 heteroatoms. The van der Waals surface area contributed by atoms with Crippen molar-refractivity contribution in [2.24, 2.45) is 0 Å². The second-order valence-electron chi connectivity index (χ2n) is 9.67. The van der Waals surface area contributed by atoms with Gasteiger partial charge in [0, 0.05) is 42.0 Å². The van der Waals surface area contributed by atoms with Crippen LogP contribution in [0.3, 0.4) is 0 Å².